The Hall–Kier alpha value is -2.06. The third kappa shape index (κ3) is 43.8. The summed E-state index contributed by atoms with van der Waals surface area (Å²) in [5.41, 5.74) is 0. The van der Waals surface area contributed by atoms with Crippen molar-refractivity contribution >= 4 is 13.7 Å². The number of amides is 1. The molecule has 9 heteroatoms. The largest absolute Gasteiger partial charge is 0.472 e. The van der Waals surface area contributed by atoms with E-state index in [0.29, 0.717) is 17.4 Å². The second kappa shape index (κ2) is 41.3. The normalized spacial score (nSPS) is 14.9. The van der Waals surface area contributed by atoms with Gasteiger partial charge in [-0.15, -0.1) is 0 Å². The quantitative estimate of drug-likeness (QED) is 0.0245. The Morgan fingerprint density at radius 1 is 0.593 bits per heavy atom. The maximum atomic E-state index is 12.8. The Kier molecular flexibility index (Phi) is 39.9. The molecule has 0 spiro atoms. The SMILES string of the molecule is CC/C=C\C/C=C\C/C=C\C/C=C\CCC(=O)NC(COP(=O)(O)OCC[N+](C)(C)C)C(O)/C=C/CC/C=C/CCCCCCCCCCCCCCCCCCCC. The van der Waals surface area contributed by atoms with Gasteiger partial charge in [0.05, 0.1) is 39.9 Å². The van der Waals surface area contributed by atoms with E-state index in [1.54, 1.807) is 6.08 Å². The molecule has 0 aliphatic carbocycles. The van der Waals surface area contributed by atoms with Crippen LogP contribution in [-0.2, 0) is 18.4 Å². The van der Waals surface area contributed by atoms with E-state index in [9.17, 15) is 19.4 Å². The smallest absolute Gasteiger partial charge is 0.387 e. The van der Waals surface area contributed by atoms with E-state index < -0.39 is 20.0 Å². The number of aliphatic hydroxyl groups excluding tert-OH is 1. The predicted octanol–water partition coefficient (Wildman–Crippen LogP) is 13.6. The van der Waals surface area contributed by atoms with Crippen LogP contribution in [0, 0.1) is 0 Å². The molecule has 3 unspecified atom stereocenters. The van der Waals surface area contributed by atoms with E-state index in [0.717, 1.165) is 44.9 Å². The number of nitrogens with one attached hydrogen (secondary N) is 1. The number of unbranched alkanes of at least 4 members (excludes halogenated alkanes) is 19. The zero-order chi connectivity index (χ0) is 43.6. The topological polar surface area (TPSA) is 105 Å². The number of aliphatic hydroxyl groups is 1. The second-order valence-electron chi connectivity index (χ2n) is 17.1. The molecule has 3 N–H and O–H groups in total. The van der Waals surface area contributed by atoms with Crippen LogP contribution >= 0.6 is 7.82 Å². The average molecular weight is 848 g/mol. The highest BCUT2D eigenvalue weighted by atomic mass is 31.2. The summed E-state index contributed by atoms with van der Waals surface area (Å²) >= 11 is 0. The van der Waals surface area contributed by atoms with Gasteiger partial charge in [-0.1, -0.05) is 196 Å². The Morgan fingerprint density at radius 2 is 1.03 bits per heavy atom. The minimum absolute atomic E-state index is 0.0404. The van der Waals surface area contributed by atoms with Gasteiger partial charge in [0.1, 0.15) is 13.2 Å². The molecule has 3 atom stereocenters. The molecule has 59 heavy (non-hydrogen) atoms. The molecule has 0 aromatic rings. The van der Waals surface area contributed by atoms with Gasteiger partial charge in [-0.3, -0.25) is 13.8 Å². The van der Waals surface area contributed by atoms with Crippen LogP contribution < -0.4 is 5.32 Å². The standard InChI is InChI=1S/C50H91N2O6P/c1-6-8-10-12-14-16-18-20-21-22-23-24-25-26-27-28-29-30-32-33-35-37-39-41-43-49(53)48(47-58-59(55,56)57-46-45-52(3,4)5)51-50(54)44-42-40-38-36-34-31-19-17-15-13-11-9-7-2/h9,11,15,17,31,33-35,38,40-41,43,48-49,53H,6-8,10,12-14,16,18-30,32,36-37,39,42,44-47H2,1-5H3,(H-,51,54,55,56)/p+1/b11-9-,17-15-,34-31-,35-33+,40-38-,43-41+. The van der Waals surface area contributed by atoms with Crippen molar-refractivity contribution in [2.75, 3.05) is 40.9 Å². The number of allylic oxidation sites excluding steroid dienone is 11. The Bertz CT molecular complexity index is 1190. The lowest BCUT2D eigenvalue weighted by Gasteiger charge is -2.25. The van der Waals surface area contributed by atoms with Crippen molar-refractivity contribution in [2.45, 2.75) is 199 Å². The highest BCUT2D eigenvalue weighted by Crippen LogP contribution is 2.43. The molecule has 0 saturated heterocycles. The molecule has 0 aromatic carbocycles. The lowest BCUT2D eigenvalue weighted by molar-refractivity contribution is -0.870. The van der Waals surface area contributed by atoms with Gasteiger partial charge >= 0.3 is 7.82 Å². The van der Waals surface area contributed by atoms with Crippen LogP contribution in [0.25, 0.3) is 0 Å². The van der Waals surface area contributed by atoms with Crippen LogP contribution in [0.15, 0.2) is 72.9 Å². The number of carbonyl (C=O) groups excluding carboxylic acids is 1. The molecule has 0 heterocycles. The molecule has 0 radical (unpaired) electrons. The van der Waals surface area contributed by atoms with Crippen LogP contribution in [-0.4, -0.2) is 73.4 Å². The first kappa shape index (κ1) is 56.9. The zero-order valence-electron chi connectivity index (χ0n) is 38.7. The molecular formula is C50H92N2O6P+. The number of nitrogens with zero attached hydrogens (tertiary/aromatic N) is 1. The van der Waals surface area contributed by atoms with Crippen molar-refractivity contribution in [3.63, 3.8) is 0 Å². The van der Waals surface area contributed by atoms with Crippen molar-refractivity contribution < 1.29 is 32.9 Å². The van der Waals surface area contributed by atoms with E-state index in [4.69, 9.17) is 9.05 Å². The Labute approximate surface area is 364 Å². The summed E-state index contributed by atoms with van der Waals surface area (Å²) in [6, 6.07) is -0.904. The first-order valence-electron chi connectivity index (χ1n) is 23.8. The second-order valence-corrected chi connectivity index (χ2v) is 18.5. The van der Waals surface area contributed by atoms with Crippen molar-refractivity contribution in [3.05, 3.63) is 72.9 Å². The fourth-order valence-electron chi connectivity index (χ4n) is 6.42. The summed E-state index contributed by atoms with van der Waals surface area (Å²) in [7, 11) is 1.50. The van der Waals surface area contributed by atoms with Gasteiger partial charge in [-0.05, 0) is 57.8 Å². The average Bonchev–Trinajstić information content (AvgIpc) is 3.19. The molecule has 0 bridgehead atoms. The number of carbonyl (C=O) groups is 1. The molecule has 0 rings (SSSR count). The van der Waals surface area contributed by atoms with Crippen LogP contribution in [0.4, 0.5) is 0 Å². The summed E-state index contributed by atoms with van der Waals surface area (Å²) in [6.07, 6.45) is 55.9. The van der Waals surface area contributed by atoms with E-state index in [-0.39, 0.29) is 25.5 Å². The molecule has 0 fully saturated rings. The molecule has 1 amide bonds. The van der Waals surface area contributed by atoms with Gasteiger partial charge < -0.3 is 19.8 Å². The minimum Gasteiger partial charge on any atom is -0.387 e. The van der Waals surface area contributed by atoms with Crippen molar-refractivity contribution in [1.29, 1.82) is 0 Å². The van der Waals surface area contributed by atoms with Gasteiger partial charge in [0, 0.05) is 6.42 Å². The molecular weight excluding hydrogens is 756 g/mol. The predicted molar refractivity (Wildman–Crippen MR) is 253 cm³/mol. The molecule has 342 valence electrons. The zero-order valence-corrected chi connectivity index (χ0v) is 39.6. The third-order valence-corrected chi connectivity index (χ3v) is 11.2. The number of phosphoric ester groups is 1. The van der Waals surface area contributed by atoms with Crippen molar-refractivity contribution in [3.8, 4) is 0 Å². The molecule has 0 aromatic heterocycles. The van der Waals surface area contributed by atoms with Crippen molar-refractivity contribution in [2.24, 2.45) is 0 Å². The summed E-state index contributed by atoms with van der Waals surface area (Å²) < 4.78 is 23.5. The maximum Gasteiger partial charge on any atom is 0.472 e. The summed E-state index contributed by atoms with van der Waals surface area (Å²) in [5.74, 6) is -0.269. The monoisotopic (exact) mass is 848 g/mol. The Balaban J connectivity index is 4.42. The minimum atomic E-state index is -4.37. The first-order chi connectivity index (χ1) is 28.5. The first-order valence-corrected chi connectivity index (χ1v) is 25.3. The number of rotatable bonds is 42. The van der Waals surface area contributed by atoms with Crippen molar-refractivity contribution in [1.82, 2.24) is 5.32 Å². The van der Waals surface area contributed by atoms with E-state index in [1.807, 2.05) is 39.4 Å². The fraction of sp³-hybridized carbons (Fsp3) is 0.740. The molecule has 0 aliphatic heterocycles. The van der Waals surface area contributed by atoms with Gasteiger partial charge in [-0.2, -0.15) is 0 Å². The molecule has 8 nitrogen and oxygen atoms in total. The number of hydrogen-bond donors (Lipinski definition) is 3. The van der Waals surface area contributed by atoms with E-state index in [1.165, 1.54) is 116 Å². The number of phosphoric acid groups is 1. The fourth-order valence-corrected chi connectivity index (χ4v) is 7.16. The Morgan fingerprint density at radius 3 is 1.54 bits per heavy atom. The third-order valence-electron chi connectivity index (χ3n) is 10.2. The number of quaternary nitrogens is 1. The van der Waals surface area contributed by atoms with Gasteiger partial charge in [-0.25, -0.2) is 4.57 Å². The molecule has 0 aliphatic rings. The molecule has 0 saturated carbocycles. The summed E-state index contributed by atoms with van der Waals surface area (Å²) in [6.45, 7) is 4.61. The van der Waals surface area contributed by atoms with Gasteiger partial charge in [0.15, 0.2) is 0 Å². The lowest BCUT2D eigenvalue weighted by Crippen LogP contribution is -2.45. The lowest BCUT2D eigenvalue weighted by atomic mass is 10.0. The van der Waals surface area contributed by atoms with Crippen LogP contribution in [0.5, 0.6) is 0 Å². The van der Waals surface area contributed by atoms with E-state index in [2.05, 4.69) is 67.8 Å². The van der Waals surface area contributed by atoms with Crippen LogP contribution in [0.1, 0.15) is 187 Å². The van der Waals surface area contributed by atoms with E-state index >= 15 is 0 Å². The highest BCUT2D eigenvalue weighted by Gasteiger charge is 2.27. The summed E-state index contributed by atoms with van der Waals surface area (Å²) in [4.78, 5) is 23.1. The maximum absolute atomic E-state index is 12.8. The number of likely N-dealkylation sites (N-methyl/N-ethyl adjacent to an activating group) is 1. The van der Waals surface area contributed by atoms with Crippen LogP contribution in [0.2, 0.25) is 0 Å². The highest BCUT2D eigenvalue weighted by molar-refractivity contribution is 7.47. The number of hydrogen-bond acceptors (Lipinski definition) is 5. The summed E-state index contributed by atoms with van der Waals surface area (Å²) in [5, 5.41) is 13.8. The van der Waals surface area contributed by atoms with Gasteiger partial charge in [0.2, 0.25) is 5.91 Å². The van der Waals surface area contributed by atoms with Gasteiger partial charge in [0.25, 0.3) is 0 Å². The van der Waals surface area contributed by atoms with Crippen LogP contribution in [0.3, 0.4) is 0 Å².